The molecule has 0 N–H and O–H groups in total. The first-order chi connectivity index (χ1) is 13.0. The zero-order chi connectivity index (χ0) is 19.1. The quantitative estimate of drug-likeness (QED) is 0.657. The van der Waals surface area contributed by atoms with Crippen molar-refractivity contribution in [3.63, 3.8) is 0 Å². The van der Waals surface area contributed by atoms with E-state index in [1.165, 1.54) is 0 Å². The number of nitrogens with zero attached hydrogens (tertiary/aromatic N) is 3. The Kier molecular flexibility index (Phi) is 4.50. The summed E-state index contributed by atoms with van der Waals surface area (Å²) in [6, 6.07) is 5.83. The molecule has 0 bridgehead atoms. The van der Waals surface area contributed by atoms with Crippen LogP contribution in [0.25, 0.3) is 11.0 Å². The molecular formula is C21H25N3O3. The van der Waals surface area contributed by atoms with Crippen LogP contribution < -0.4 is 0 Å². The second-order valence-electron chi connectivity index (χ2n) is 7.71. The number of hydrogen-bond donors (Lipinski definition) is 0. The fourth-order valence-corrected chi connectivity index (χ4v) is 3.72. The van der Waals surface area contributed by atoms with Gasteiger partial charge in [-0.3, -0.25) is 4.79 Å². The summed E-state index contributed by atoms with van der Waals surface area (Å²) in [5, 5.41) is 5.06. The summed E-state index contributed by atoms with van der Waals surface area (Å²) >= 11 is 0. The van der Waals surface area contributed by atoms with Gasteiger partial charge in [-0.25, -0.2) is 0 Å². The Morgan fingerprint density at radius 1 is 1.26 bits per heavy atom. The summed E-state index contributed by atoms with van der Waals surface area (Å²) in [7, 11) is 0. The van der Waals surface area contributed by atoms with Crippen molar-refractivity contribution in [2.45, 2.75) is 58.9 Å². The van der Waals surface area contributed by atoms with E-state index in [0.717, 1.165) is 41.4 Å². The summed E-state index contributed by atoms with van der Waals surface area (Å²) in [5.41, 5.74) is 2.75. The Labute approximate surface area is 158 Å². The van der Waals surface area contributed by atoms with Crippen LogP contribution in [0.5, 0.6) is 0 Å². The Hall–Kier alpha value is -2.63. The number of benzene rings is 1. The number of aromatic nitrogens is 2. The highest BCUT2D eigenvalue weighted by molar-refractivity contribution is 5.99. The minimum Gasteiger partial charge on any atom is -0.451 e. The maximum atomic E-state index is 13.3. The third-order valence-electron chi connectivity index (χ3n) is 5.31. The maximum absolute atomic E-state index is 13.3. The lowest BCUT2D eigenvalue weighted by Gasteiger charge is -2.32. The number of fused-ring (bicyclic) bond motifs is 1. The molecule has 0 spiro atoms. The lowest BCUT2D eigenvalue weighted by atomic mass is 10.0. The summed E-state index contributed by atoms with van der Waals surface area (Å²) < 4.78 is 11.5. The van der Waals surface area contributed by atoms with Gasteiger partial charge in [0.05, 0.1) is 0 Å². The van der Waals surface area contributed by atoms with Crippen LogP contribution in [0, 0.1) is 13.8 Å². The first kappa shape index (κ1) is 17.8. The number of amides is 1. The van der Waals surface area contributed by atoms with Crippen molar-refractivity contribution in [3.8, 4) is 0 Å². The van der Waals surface area contributed by atoms with E-state index >= 15 is 0 Å². The molecule has 0 aliphatic carbocycles. The van der Waals surface area contributed by atoms with Gasteiger partial charge in [0.1, 0.15) is 11.6 Å². The molecule has 3 heterocycles. The molecule has 3 aromatic rings. The van der Waals surface area contributed by atoms with Gasteiger partial charge in [-0.2, -0.15) is 4.98 Å². The molecule has 1 amide bonds. The lowest BCUT2D eigenvalue weighted by Crippen LogP contribution is -2.38. The van der Waals surface area contributed by atoms with E-state index in [4.69, 9.17) is 8.94 Å². The van der Waals surface area contributed by atoms with Crippen LogP contribution in [0.4, 0.5) is 0 Å². The monoisotopic (exact) mass is 367 g/mol. The van der Waals surface area contributed by atoms with E-state index in [1.807, 2.05) is 50.8 Å². The maximum Gasteiger partial charge on any atom is 0.290 e. The molecule has 0 radical (unpaired) electrons. The standard InChI is InChI=1S/C21H25N3O3/c1-12(2)19-22-20(27-23-19)16-7-5-6-10-24(16)21(25)18-14(4)15-9-8-13(3)11-17(15)26-18/h8-9,11-12,16H,5-7,10H2,1-4H3. The highest BCUT2D eigenvalue weighted by atomic mass is 16.5. The zero-order valence-electron chi connectivity index (χ0n) is 16.3. The smallest absolute Gasteiger partial charge is 0.290 e. The summed E-state index contributed by atoms with van der Waals surface area (Å²) in [6.45, 7) is 8.67. The lowest BCUT2D eigenvalue weighted by molar-refractivity contribution is 0.0531. The third kappa shape index (κ3) is 3.13. The van der Waals surface area contributed by atoms with Crippen LogP contribution >= 0.6 is 0 Å². The molecular weight excluding hydrogens is 342 g/mol. The fraction of sp³-hybridized carbons (Fsp3) is 0.476. The van der Waals surface area contributed by atoms with Crippen molar-refractivity contribution in [2.24, 2.45) is 0 Å². The molecule has 0 saturated carbocycles. The average molecular weight is 367 g/mol. The Morgan fingerprint density at radius 3 is 2.81 bits per heavy atom. The number of carbonyl (C=O) groups is 1. The summed E-state index contributed by atoms with van der Waals surface area (Å²) in [5.74, 6) is 1.70. The van der Waals surface area contributed by atoms with E-state index in [2.05, 4.69) is 10.1 Å². The number of carbonyl (C=O) groups excluding carboxylic acids is 1. The van der Waals surface area contributed by atoms with E-state index in [1.54, 1.807) is 0 Å². The molecule has 6 nitrogen and oxygen atoms in total. The van der Waals surface area contributed by atoms with Gasteiger partial charge in [0.2, 0.25) is 5.89 Å². The van der Waals surface area contributed by atoms with Gasteiger partial charge in [0.15, 0.2) is 11.6 Å². The minimum atomic E-state index is -0.194. The Morgan fingerprint density at radius 2 is 2.07 bits per heavy atom. The summed E-state index contributed by atoms with van der Waals surface area (Å²) in [6.07, 6.45) is 2.82. The largest absolute Gasteiger partial charge is 0.451 e. The normalized spacial score (nSPS) is 17.8. The van der Waals surface area contributed by atoms with Crippen LogP contribution in [0.1, 0.15) is 78.5 Å². The van der Waals surface area contributed by atoms with Gasteiger partial charge in [-0.05, 0) is 44.7 Å². The van der Waals surface area contributed by atoms with Crippen LogP contribution in [0.3, 0.4) is 0 Å². The number of piperidine rings is 1. The van der Waals surface area contributed by atoms with Crippen molar-refractivity contribution in [1.82, 2.24) is 15.0 Å². The van der Waals surface area contributed by atoms with Gasteiger partial charge < -0.3 is 13.8 Å². The predicted molar refractivity (Wildman–Crippen MR) is 102 cm³/mol. The first-order valence-electron chi connectivity index (χ1n) is 9.60. The molecule has 142 valence electrons. The van der Waals surface area contributed by atoms with Crippen LogP contribution in [0.15, 0.2) is 27.1 Å². The van der Waals surface area contributed by atoms with E-state index < -0.39 is 0 Å². The molecule has 1 aromatic carbocycles. The second kappa shape index (κ2) is 6.83. The van der Waals surface area contributed by atoms with Gasteiger partial charge in [-0.15, -0.1) is 0 Å². The highest BCUT2D eigenvalue weighted by Gasteiger charge is 2.35. The van der Waals surface area contributed by atoms with Gasteiger partial charge >= 0.3 is 0 Å². The van der Waals surface area contributed by atoms with Crippen LogP contribution in [0.2, 0.25) is 0 Å². The van der Waals surface area contributed by atoms with Crippen LogP contribution in [-0.4, -0.2) is 27.5 Å². The number of likely N-dealkylation sites (tertiary alicyclic amines) is 1. The molecule has 1 unspecified atom stereocenters. The zero-order valence-corrected chi connectivity index (χ0v) is 16.3. The van der Waals surface area contributed by atoms with Crippen molar-refractivity contribution in [1.29, 1.82) is 0 Å². The molecule has 1 aliphatic rings. The molecule has 6 heteroatoms. The SMILES string of the molecule is Cc1ccc2c(C)c(C(=O)N3CCCCC3c3nc(C(C)C)no3)oc2c1. The third-order valence-corrected chi connectivity index (χ3v) is 5.31. The number of furan rings is 1. The minimum absolute atomic E-state index is 0.102. The predicted octanol–water partition coefficient (Wildman–Crippen LogP) is 4.92. The van der Waals surface area contributed by atoms with E-state index in [-0.39, 0.29) is 17.9 Å². The van der Waals surface area contributed by atoms with E-state index in [0.29, 0.717) is 24.0 Å². The summed E-state index contributed by atoms with van der Waals surface area (Å²) in [4.78, 5) is 19.7. The van der Waals surface area contributed by atoms with Gasteiger partial charge in [0, 0.05) is 23.4 Å². The highest BCUT2D eigenvalue weighted by Crippen LogP contribution is 2.34. The second-order valence-corrected chi connectivity index (χ2v) is 7.71. The van der Waals surface area contributed by atoms with Crippen molar-refractivity contribution >= 4 is 16.9 Å². The molecule has 1 aliphatic heterocycles. The van der Waals surface area contributed by atoms with Gasteiger partial charge in [-0.1, -0.05) is 31.1 Å². The first-order valence-corrected chi connectivity index (χ1v) is 9.60. The van der Waals surface area contributed by atoms with Gasteiger partial charge in [0.25, 0.3) is 5.91 Å². The fourth-order valence-electron chi connectivity index (χ4n) is 3.72. The average Bonchev–Trinajstić information content (AvgIpc) is 3.26. The Balaban J connectivity index is 1.69. The Bertz CT molecular complexity index is 986. The molecule has 1 atom stereocenters. The molecule has 1 fully saturated rings. The number of rotatable bonds is 3. The van der Waals surface area contributed by atoms with Crippen LogP contribution in [-0.2, 0) is 0 Å². The topological polar surface area (TPSA) is 72.4 Å². The molecule has 1 saturated heterocycles. The molecule has 2 aromatic heterocycles. The molecule has 27 heavy (non-hydrogen) atoms. The van der Waals surface area contributed by atoms with E-state index in [9.17, 15) is 4.79 Å². The van der Waals surface area contributed by atoms with Crippen molar-refractivity contribution < 1.29 is 13.7 Å². The number of aryl methyl sites for hydroxylation is 2. The number of hydrogen-bond acceptors (Lipinski definition) is 5. The van der Waals surface area contributed by atoms with Crippen molar-refractivity contribution in [3.05, 3.63) is 46.8 Å². The van der Waals surface area contributed by atoms with Crippen molar-refractivity contribution in [2.75, 3.05) is 6.54 Å². The molecule has 4 rings (SSSR count).